The Balaban J connectivity index is 1.40. The summed E-state index contributed by atoms with van der Waals surface area (Å²) in [6, 6.07) is 12.4. The van der Waals surface area contributed by atoms with E-state index in [9.17, 15) is 14.4 Å². The zero-order valence-corrected chi connectivity index (χ0v) is 15.5. The topological polar surface area (TPSA) is 82.6 Å². The first kappa shape index (κ1) is 18.3. The van der Waals surface area contributed by atoms with E-state index in [-0.39, 0.29) is 36.6 Å². The molecule has 3 heterocycles. The number of carbonyl (C=O) groups excluding carboxylic acids is 3. The highest BCUT2D eigenvalue weighted by molar-refractivity contribution is 6.19. The van der Waals surface area contributed by atoms with Crippen LogP contribution in [0.3, 0.4) is 0 Å². The van der Waals surface area contributed by atoms with E-state index in [2.05, 4.69) is 15.2 Å². The number of nitrogens with one attached hydrogen (secondary N) is 1. The monoisotopic (exact) mass is 378 g/mol. The van der Waals surface area contributed by atoms with E-state index in [1.807, 2.05) is 18.2 Å². The van der Waals surface area contributed by atoms with Crippen LogP contribution < -0.4 is 10.2 Å². The molecule has 2 aromatic rings. The van der Waals surface area contributed by atoms with Crippen LogP contribution in [0.4, 0.5) is 11.4 Å². The van der Waals surface area contributed by atoms with Gasteiger partial charge in [0.15, 0.2) is 0 Å². The lowest BCUT2D eigenvalue weighted by Gasteiger charge is -2.23. The van der Waals surface area contributed by atoms with Crippen LogP contribution in [-0.4, -0.2) is 40.2 Å². The first-order valence-electron chi connectivity index (χ1n) is 9.52. The normalized spacial score (nSPS) is 20.0. The second-order valence-electron chi connectivity index (χ2n) is 7.11. The summed E-state index contributed by atoms with van der Waals surface area (Å²) in [5, 5.41) is 2.95. The number of pyridine rings is 1. The van der Waals surface area contributed by atoms with Gasteiger partial charge in [0.1, 0.15) is 0 Å². The number of imide groups is 1. The lowest BCUT2D eigenvalue weighted by molar-refractivity contribution is -0.122. The number of benzene rings is 1. The molecule has 2 fully saturated rings. The summed E-state index contributed by atoms with van der Waals surface area (Å²) in [6.07, 6.45) is 4.06. The Kier molecular flexibility index (Phi) is 5.16. The molecule has 144 valence electrons. The maximum atomic E-state index is 12.8. The van der Waals surface area contributed by atoms with Crippen LogP contribution in [0.25, 0.3) is 0 Å². The summed E-state index contributed by atoms with van der Waals surface area (Å²) in [5.74, 6) is -0.412. The quantitative estimate of drug-likeness (QED) is 0.808. The molecule has 7 nitrogen and oxygen atoms in total. The van der Waals surface area contributed by atoms with Crippen molar-refractivity contribution in [3.05, 3.63) is 54.4 Å². The molecule has 1 unspecified atom stereocenters. The number of carbonyl (C=O) groups is 3. The molecule has 4 rings (SSSR count). The summed E-state index contributed by atoms with van der Waals surface area (Å²) in [6.45, 7) is 1.52. The van der Waals surface area contributed by atoms with E-state index in [0.717, 1.165) is 25.1 Å². The molecule has 1 aromatic carbocycles. The molecule has 3 amide bonds. The minimum atomic E-state index is -0.191. The van der Waals surface area contributed by atoms with Crippen molar-refractivity contribution in [3.63, 3.8) is 0 Å². The fourth-order valence-corrected chi connectivity index (χ4v) is 3.80. The highest BCUT2D eigenvalue weighted by Crippen LogP contribution is 2.25. The lowest BCUT2D eigenvalue weighted by atomic mass is 10.2. The largest absolute Gasteiger partial charge is 0.325 e. The summed E-state index contributed by atoms with van der Waals surface area (Å²) >= 11 is 0. The number of likely N-dealkylation sites (tertiary alicyclic amines) is 1. The Morgan fingerprint density at radius 2 is 1.82 bits per heavy atom. The Hall–Kier alpha value is -3.06. The van der Waals surface area contributed by atoms with Gasteiger partial charge in [-0.05, 0) is 55.8 Å². The van der Waals surface area contributed by atoms with E-state index in [1.54, 1.807) is 30.5 Å². The van der Waals surface area contributed by atoms with E-state index in [4.69, 9.17) is 0 Å². The minimum absolute atomic E-state index is 0.0468. The minimum Gasteiger partial charge on any atom is -0.325 e. The van der Waals surface area contributed by atoms with Gasteiger partial charge in [-0.25, -0.2) is 0 Å². The molecule has 2 aliphatic heterocycles. The van der Waals surface area contributed by atoms with Gasteiger partial charge in [-0.3, -0.25) is 29.2 Å². The van der Waals surface area contributed by atoms with Gasteiger partial charge in [-0.2, -0.15) is 0 Å². The molecule has 0 radical (unpaired) electrons. The summed E-state index contributed by atoms with van der Waals surface area (Å²) in [7, 11) is 0. The van der Waals surface area contributed by atoms with Crippen LogP contribution in [0.15, 0.2) is 48.7 Å². The first-order valence-corrected chi connectivity index (χ1v) is 9.52. The van der Waals surface area contributed by atoms with Crippen LogP contribution in [0, 0.1) is 0 Å². The average Bonchev–Trinajstić information content (AvgIpc) is 3.30. The smallest absolute Gasteiger partial charge is 0.241 e. The molecule has 1 N–H and O–H groups in total. The van der Waals surface area contributed by atoms with E-state index in [1.165, 1.54) is 4.90 Å². The number of amides is 3. The number of nitrogens with zero attached hydrogens (tertiary/aromatic N) is 3. The predicted octanol–water partition coefficient (Wildman–Crippen LogP) is 2.34. The average molecular weight is 378 g/mol. The second-order valence-corrected chi connectivity index (χ2v) is 7.11. The highest BCUT2D eigenvalue weighted by atomic mass is 16.2. The van der Waals surface area contributed by atoms with Crippen molar-refractivity contribution in [2.24, 2.45) is 0 Å². The van der Waals surface area contributed by atoms with Crippen LogP contribution in [0.2, 0.25) is 0 Å². The van der Waals surface area contributed by atoms with Crippen molar-refractivity contribution in [2.45, 2.75) is 38.3 Å². The molecule has 0 saturated carbocycles. The fourth-order valence-electron chi connectivity index (χ4n) is 3.80. The van der Waals surface area contributed by atoms with Crippen LogP contribution in [0.1, 0.15) is 31.4 Å². The summed E-state index contributed by atoms with van der Waals surface area (Å²) in [5.41, 5.74) is 2.15. The van der Waals surface area contributed by atoms with Crippen molar-refractivity contribution < 1.29 is 14.4 Å². The molecule has 0 aliphatic carbocycles. The number of rotatable bonds is 5. The molecule has 2 saturated heterocycles. The third-order valence-corrected chi connectivity index (χ3v) is 5.20. The fraction of sp³-hybridized carbons (Fsp3) is 0.333. The lowest BCUT2D eigenvalue weighted by Crippen LogP contribution is -2.39. The molecular formula is C21H22N4O3. The molecule has 2 aliphatic rings. The van der Waals surface area contributed by atoms with Gasteiger partial charge in [0.05, 0.1) is 17.4 Å². The standard InChI is InChI=1S/C21H22N4O3/c26-19-10-11-20(27)25(19)17-8-6-15(7-9-17)23-21(28)18-5-3-13-24(18)14-16-4-1-2-12-22-16/h1-2,4,6-9,12,18H,3,5,10-11,13-14H2,(H,23,28). The van der Waals surface area contributed by atoms with Crippen molar-refractivity contribution in [1.82, 2.24) is 9.88 Å². The molecule has 0 spiro atoms. The van der Waals surface area contributed by atoms with E-state index in [0.29, 0.717) is 17.9 Å². The number of hydrogen-bond acceptors (Lipinski definition) is 5. The Morgan fingerprint density at radius 1 is 1.07 bits per heavy atom. The van der Waals surface area contributed by atoms with Gasteiger partial charge in [-0.1, -0.05) is 6.07 Å². The van der Waals surface area contributed by atoms with Gasteiger partial charge in [0.2, 0.25) is 17.7 Å². The molecule has 28 heavy (non-hydrogen) atoms. The van der Waals surface area contributed by atoms with Gasteiger partial charge in [-0.15, -0.1) is 0 Å². The zero-order chi connectivity index (χ0) is 19.5. The van der Waals surface area contributed by atoms with Crippen LogP contribution >= 0.6 is 0 Å². The van der Waals surface area contributed by atoms with Gasteiger partial charge in [0, 0.05) is 31.3 Å². The second kappa shape index (κ2) is 7.90. The van der Waals surface area contributed by atoms with E-state index < -0.39 is 0 Å². The first-order chi connectivity index (χ1) is 13.6. The van der Waals surface area contributed by atoms with Crippen LogP contribution in [-0.2, 0) is 20.9 Å². The Morgan fingerprint density at radius 3 is 2.50 bits per heavy atom. The SMILES string of the molecule is O=C(Nc1ccc(N2C(=O)CCC2=O)cc1)C1CCCN1Cc1ccccn1. The maximum Gasteiger partial charge on any atom is 0.241 e. The third kappa shape index (κ3) is 3.80. The molecule has 1 aromatic heterocycles. The Bertz CT molecular complexity index is 866. The molecule has 1 atom stereocenters. The number of anilines is 2. The zero-order valence-electron chi connectivity index (χ0n) is 15.5. The summed E-state index contributed by atoms with van der Waals surface area (Å²) in [4.78, 5) is 44.1. The van der Waals surface area contributed by atoms with Crippen LogP contribution in [0.5, 0.6) is 0 Å². The van der Waals surface area contributed by atoms with Crippen molar-refractivity contribution in [2.75, 3.05) is 16.8 Å². The molecule has 0 bridgehead atoms. The number of hydrogen-bond donors (Lipinski definition) is 1. The Labute approximate surface area is 163 Å². The van der Waals surface area contributed by atoms with Crippen molar-refractivity contribution in [3.8, 4) is 0 Å². The summed E-state index contributed by atoms with van der Waals surface area (Å²) < 4.78 is 0. The predicted molar refractivity (Wildman–Crippen MR) is 104 cm³/mol. The maximum absolute atomic E-state index is 12.8. The third-order valence-electron chi connectivity index (χ3n) is 5.20. The van der Waals surface area contributed by atoms with Crippen molar-refractivity contribution >= 4 is 29.1 Å². The number of aromatic nitrogens is 1. The van der Waals surface area contributed by atoms with Gasteiger partial charge in [0.25, 0.3) is 0 Å². The highest BCUT2D eigenvalue weighted by Gasteiger charge is 2.32. The molecular weight excluding hydrogens is 356 g/mol. The van der Waals surface area contributed by atoms with Crippen molar-refractivity contribution in [1.29, 1.82) is 0 Å². The molecule has 7 heteroatoms. The van der Waals surface area contributed by atoms with E-state index >= 15 is 0 Å². The van der Waals surface area contributed by atoms with Gasteiger partial charge >= 0.3 is 0 Å². The van der Waals surface area contributed by atoms with Gasteiger partial charge < -0.3 is 5.32 Å².